The fourth-order valence-electron chi connectivity index (χ4n) is 4.54. The zero-order valence-electron chi connectivity index (χ0n) is 16.8. The van der Waals surface area contributed by atoms with Gasteiger partial charge in [-0.05, 0) is 66.7 Å². The normalized spacial score (nSPS) is 25.9. The van der Waals surface area contributed by atoms with Crippen molar-refractivity contribution in [3.8, 4) is 0 Å². The largest absolute Gasteiger partial charge is 0.444 e. The SMILES string of the molecule is Cc1nn(C)c(C)c1C(=O)C1CC2CCCC(C1)N2C(=O)OC(C)(C)C. The van der Waals surface area contributed by atoms with Gasteiger partial charge >= 0.3 is 6.09 Å². The monoisotopic (exact) mass is 361 g/mol. The number of hydrogen-bond donors (Lipinski definition) is 0. The van der Waals surface area contributed by atoms with Crippen molar-refractivity contribution in [2.24, 2.45) is 13.0 Å². The van der Waals surface area contributed by atoms with Crippen LogP contribution < -0.4 is 0 Å². The summed E-state index contributed by atoms with van der Waals surface area (Å²) in [5.74, 6) is 0.152. The molecule has 0 N–H and O–H groups in total. The second-order valence-corrected chi connectivity index (χ2v) is 8.83. The Morgan fingerprint density at radius 1 is 1.12 bits per heavy atom. The highest BCUT2D eigenvalue weighted by molar-refractivity contribution is 6.00. The molecule has 2 bridgehead atoms. The van der Waals surface area contributed by atoms with Crippen LogP contribution in [0.4, 0.5) is 4.79 Å². The highest BCUT2D eigenvalue weighted by Crippen LogP contribution is 2.39. The third kappa shape index (κ3) is 3.51. The van der Waals surface area contributed by atoms with Crippen LogP contribution in [0.2, 0.25) is 0 Å². The maximum Gasteiger partial charge on any atom is 0.410 e. The lowest BCUT2D eigenvalue weighted by Crippen LogP contribution is -2.56. The summed E-state index contributed by atoms with van der Waals surface area (Å²) in [6.07, 6.45) is 4.23. The molecular weight excluding hydrogens is 330 g/mol. The smallest absolute Gasteiger partial charge is 0.410 e. The molecule has 26 heavy (non-hydrogen) atoms. The van der Waals surface area contributed by atoms with E-state index < -0.39 is 5.60 Å². The van der Waals surface area contributed by atoms with Gasteiger partial charge in [-0.1, -0.05) is 0 Å². The van der Waals surface area contributed by atoms with Gasteiger partial charge in [-0.2, -0.15) is 5.10 Å². The average Bonchev–Trinajstić information content (AvgIpc) is 2.76. The number of aromatic nitrogens is 2. The second kappa shape index (κ2) is 6.71. The lowest BCUT2D eigenvalue weighted by molar-refractivity contribution is -0.0261. The number of aryl methyl sites for hydroxylation is 2. The first-order valence-electron chi connectivity index (χ1n) is 9.64. The summed E-state index contributed by atoms with van der Waals surface area (Å²) in [6.45, 7) is 9.53. The first-order chi connectivity index (χ1) is 12.1. The zero-order chi connectivity index (χ0) is 19.2. The number of hydrogen-bond acceptors (Lipinski definition) is 4. The number of piperidine rings is 2. The fourth-order valence-corrected chi connectivity index (χ4v) is 4.54. The summed E-state index contributed by atoms with van der Waals surface area (Å²) in [6, 6.07) is 0.201. The molecule has 0 spiro atoms. The second-order valence-electron chi connectivity index (χ2n) is 8.83. The van der Waals surface area contributed by atoms with Crippen molar-refractivity contribution in [2.75, 3.05) is 0 Å². The number of rotatable bonds is 2. The molecule has 6 nitrogen and oxygen atoms in total. The predicted molar refractivity (Wildman–Crippen MR) is 99.2 cm³/mol. The van der Waals surface area contributed by atoms with E-state index in [2.05, 4.69) is 5.10 Å². The van der Waals surface area contributed by atoms with Gasteiger partial charge in [0, 0.05) is 30.7 Å². The molecule has 3 heterocycles. The molecule has 2 saturated heterocycles. The van der Waals surface area contributed by atoms with Gasteiger partial charge in [-0.15, -0.1) is 0 Å². The van der Waals surface area contributed by atoms with Gasteiger partial charge in [-0.25, -0.2) is 4.79 Å². The van der Waals surface area contributed by atoms with Crippen LogP contribution in [0.5, 0.6) is 0 Å². The van der Waals surface area contributed by atoms with E-state index in [1.165, 1.54) is 0 Å². The van der Waals surface area contributed by atoms with E-state index in [-0.39, 0.29) is 29.9 Å². The predicted octanol–water partition coefficient (Wildman–Crippen LogP) is 3.79. The summed E-state index contributed by atoms with van der Waals surface area (Å²) in [4.78, 5) is 27.8. The molecule has 2 atom stereocenters. The van der Waals surface area contributed by atoms with E-state index in [1.807, 2.05) is 46.6 Å². The Bertz CT molecular complexity index is 703. The number of carbonyl (C=O) groups excluding carboxylic acids is 2. The lowest BCUT2D eigenvalue weighted by atomic mass is 9.75. The number of fused-ring (bicyclic) bond motifs is 2. The molecule has 6 heteroatoms. The molecule has 0 aliphatic carbocycles. The van der Waals surface area contributed by atoms with Crippen molar-refractivity contribution >= 4 is 11.9 Å². The van der Waals surface area contributed by atoms with Gasteiger partial charge < -0.3 is 9.64 Å². The number of amides is 1. The minimum Gasteiger partial charge on any atom is -0.444 e. The molecule has 0 aromatic carbocycles. The molecule has 2 aliphatic rings. The summed E-state index contributed by atoms with van der Waals surface area (Å²) < 4.78 is 7.40. The number of carbonyl (C=O) groups is 2. The summed E-state index contributed by atoms with van der Waals surface area (Å²) in [7, 11) is 1.87. The van der Waals surface area contributed by atoms with Crippen LogP contribution >= 0.6 is 0 Å². The van der Waals surface area contributed by atoms with E-state index in [4.69, 9.17) is 4.74 Å². The Kier molecular flexibility index (Phi) is 4.88. The fraction of sp³-hybridized carbons (Fsp3) is 0.750. The number of nitrogens with zero attached hydrogens (tertiary/aromatic N) is 3. The molecule has 2 unspecified atom stereocenters. The maximum atomic E-state index is 13.2. The van der Waals surface area contributed by atoms with Crippen molar-refractivity contribution in [1.29, 1.82) is 0 Å². The molecule has 0 radical (unpaired) electrons. The van der Waals surface area contributed by atoms with Gasteiger partial charge in [0.15, 0.2) is 5.78 Å². The third-order valence-corrected chi connectivity index (χ3v) is 5.71. The third-order valence-electron chi connectivity index (χ3n) is 5.71. The van der Waals surface area contributed by atoms with Gasteiger partial charge in [0.05, 0.1) is 11.3 Å². The summed E-state index contributed by atoms with van der Waals surface area (Å²) in [5.41, 5.74) is 1.99. The molecular formula is C20H31N3O3. The number of Topliss-reactive ketones (excluding diaryl/α,β-unsaturated/α-hetero) is 1. The molecule has 3 rings (SSSR count). The van der Waals surface area contributed by atoms with Gasteiger partial charge in [0.25, 0.3) is 0 Å². The van der Waals surface area contributed by atoms with Crippen LogP contribution in [0.15, 0.2) is 0 Å². The van der Waals surface area contributed by atoms with Crippen LogP contribution in [0.25, 0.3) is 0 Å². The topological polar surface area (TPSA) is 64.4 Å². The highest BCUT2D eigenvalue weighted by atomic mass is 16.6. The first kappa shape index (κ1) is 18.9. The van der Waals surface area contributed by atoms with Gasteiger partial charge in [0.2, 0.25) is 0 Å². The molecule has 2 fully saturated rings. The van der Waals surface area contributed by atoms with Crippen LogP contribution in [-0.4, -0.2) is 44.2 Å². The van der Waals surface area contributed by atoms with Crippen LogP contribution in [-0.2, 0) is 11.8 Å². The van der Waals surface area contributed by atoms with Crippen LogP contribution in [0, 0.1) is 19.8 Å². The Morgan fingerprint density at radius 3 is 2.15 bits per heavy atom. The molecule has 1 aromatic heterocycles. The van der Waals surface area contributed by atoms with Crippen molar-refractivity contribution < 1.29 is 14.3 Å². The zero-order valence-corrected chi connectivity index (χ0v) is 16.8. The van der Waals surface area contributed by atoms with Crippen molar-refractivity contribution in [1.82, 2.24) is 14.7 Å². The average molecular weight is 361 g/mol. The molecule has 1 amide bonds. The van der Waals surface area contributed by atoms with Crippen molar-refractivity contribution in [3.63, 3.8) is 0 Å². The minimum atomic E-state index is -0.498. The first-order valence-corrected chi connectivity index (χ1v) is 9.64. The van der Waals surface area contributed by atoms with Crippen LogP contribution in [0.1, 0.15) is 74.6 Å². The highest BCUT2D eigenvalue weighted by Gasteiger charge is 2.45. The van der Waals surface area contributed by atoms with E-state index in [1.54, 1.807) is 4.68 Å². The van der Waals surface area contributed by atoms with E-state index in [0.29, 0.717) is 0 Å². The Balaban J connectivity index is 1.79. The van der Waals surface area contributed by atoms with Gasteiger partial charge in [0.1, 0.15) is 5.60 Å². The molecule has 1 aromatic rings. The molecule has 0 saturated carbocycles. The number of ether oxygens (including phenoxy) is 1. The Hall–Kier alpha value is -1.85. The van der Waals surface area contributed by atoms with Crippen molar-refractivity contribution in [2.45, 2.75) is 84.4 Å². The van der Waals surface area contributed by atoms with Crippen molar-refractivity contribution in [3.05, 3.63) is 17.0 Å². The number of ketones is 1. The Morgan fingerprint density at radius 2 is 1.69 bits per heavy atom. The van der Waals surface area contributed by atoms with E-state index >= 15 is 0 Å². The van der Waals surface area contributed by atoms with Gasteiger partial charge in [-0.3, -0.25) is 9.48 Å². The summed E-state index contributed by atoms with van der Waals surface area (Å²) in [5, 5.41) is 4.39. The summed E-state index contributed by atoms with van der Waals surface area (Å²) >= 11 is 0. The van der Waals surface area contributed by atoms with E-state index in [9.17, 15) is 9.59 Å². The Labute approximate surface area is 155 Å². The molecule has 2 aliphatic heterocycles. The maximum absolute atomic E-state index is 13.2. The standard InChI is InChI=1S/C20H31N3O3/c1-12-17(13(2)22(6)21-12)18(24)14-10-15-8-7-9-16(11-14)23(15)19(25)26-20(3,4)5/h14-16H,7-11H2,1-6H3. The quantitative estimate of drug-likeness (QED) is 0.752. The lowest BCUT2D eigenvalue weighted by Gasteiger charge is -2.48. The minimum absolute atomic E-state index is 0.0365. The van der Waals surface area contributed by atoms with Crippen LogP contribution in [0.3, 0.4) is 0 Å². The molecule has 144 valence electrons. The van der Waals surface area contributed by atoms with E-state index in [0.717, 1.165) is 49.1 Å².